The van der Waals surface area contributed by atoms with Gasteiger partial charge in [0.25, 0.3) is 11.2 Å². The molecule has 0 unspecified atom stereocenters. The van der Waals surface area contributed by atoms with Gasteiger partial charge in [0.2, 0.25) is 0 Å². The Morgan fingerprint density at radius 3 is 2.29 bits per heavy atom. The number of nitro benzene ring substituents is 1. The van der Waals surface area contributed by atoms with Crippen molar-refractivity contribution in [3.05, 3.63) is 98.8 Å². The van der Waals surface area contributed by atoms with E-state index >= 15 is 0 Å². The maximum Gasteiger partial charge on any atom is 0.293 e. The summed E-state index contributed by atoms with van der Waals surface area (Å²) in [4.78, 5) is 28.6. The van der Waals surface area contributed by atoms with Crippen LogP contribution in [0.3, 0.4) is 0 Å². The highest BCUT2D eigenvalue weighted by Crippen LogP contribution is 2.35. The molecule has 34 heavy (non-hydrogen) atoms. The molecule has 1 fully saturated rings. The second-order valence-corrected chi connectivity index (χ2v) is 8.53. The van der Waals surface area contributed by atoms with E-state index in [1.165, 1.54) is 10.2 Å². The van der Waals surface area contributed by atoms with Crippen molar-refractivity contribution < 1.29 is 4.92 Å². The second kappa shape index (κ2) is 9.07. The molecule has 8 nitrogen and oxygen atoms in total. The van der Waals surface area contributed by atoms with Gasteiger partial charge in [-0.2, -0.15) is 5.10 Å². The first-order valence-electron chi connectivity index (χ1n) is 11.3. The van der Waals surface area contributed by atoms with Crippen LogP contribution in [0.2, 0.25) is 0 Å². The molecule has 1 aromatic heterocycles. The molecular formula is C26H25N5O3. The molecule has 5 rings (SSSR count). The number of piperazine rings is 1. The molecule has 8 heteroatoms. The van der Waals surface area contributed by atoms with E-state index in [9.17, 15) is 14.9 Å². The molecule has 1 saturated heterocycles. The standard InChI is InChI=1S/C26H25N5O3/c1-28-26(32)22-10-6-5-9-21(22)25(27-28)20-11-12-23(24(17-20)31(33)34)30-15-13-29(14-16-30)18-19-7-3-2-4-8-19/h2-12,17H,13-16,18H2,1H3. The lowest BCUT2D eigenvalue weighted by atomic mass is 10.0. The quantitative estimate of drug-likeness (QED) is 0.336. The summed E-state index contributed by atoms with van der Waals surface area (Å²) in [5.74, 6) is 0. The van der Waals surface area contributed by atoms with E-state index in [1.54, 1.807) is 25.2 Å². The normalized spacial score (nSPS) is 14.4. The first kappa shape index (κ1) is 21.8. The number of hydrogen-bond acceptors (Lipinski definition) is 6. The van der Waals surface area contributed by atoms with Gasteiger partial charge in [-0.3, -0.25) is 19.8 Å². The Bertz CT molecular complexity index is 1410. The van der Waals surface area contributed by atoms with Crippen molar-refractivity contribution in [3.8, 4) is 11.3 Å². The van der Waals surface area contributed by atoms with Gasteiger partial charge in [-0.1, -0.05) is 54.6 Å². The van der Waals surface area contributed by atoms with E-state index in [0.29, 0.717) is 40.8 Å². The molecule has 0 radical (unpaired) electrons. The smallest absolute Gasteiger partial charge is 0.293 e. The number of aromatic nitrogens is 2. The predicted molar refractivity (Wildman–Crippen MR) is 133 cm³/mol. The summed E-state index contributed by atoms with van der Waals surface area (Å²) in [6, 6.07) is 22.8. The van der Waals surface area contributed by atoms with Gasteiger partial charge in [0.15, 0.2) is 0 Å². The van der Waals surface area contributed by atoms with Crippen LogP contribution in [0.5, 0.6) is 0 Å². The van der Waals surface area contributed by atoms with E-state index in [-0.39, 0.29) is 16.2 Å². The molecule has 2 heterocycles. The van der Waals surface area contributed by atoms with Crippen LogP contribution < -0.4 is 10.5 Å². The molecule has 0 atom stereocenters. The molecule has 4 aromatic rings. The Labute approximate surface area is 196 Å². The topological polar surface area (TPSA) is 84.5 Å². The first-order chi connectivity index (χ1) is 16.5. The Morgan fingerprint density at radius 1 is 0.912 bits per heavy atom. The molecule has 0 N–H and O–H groups in total. The second-order valence-electron chi connectivity index (χ2n) is 8.53. The van der Waals surface area contributed by atoms with Crippen LogP contribution >= 0.6 is 0 Å². The lowest BCUT2D eigenvalue weighted by Gasteiger charge is -2.35. The maximum absolute atomic E-state index is 12.5. The number of aryl methyl sites for hydroxylation is 1. The molecule has 0 amide bonds. The largest absolute Gasteiger partial charge is 0.363 e. The highest BCUT2D eigenvalue weighted by Gasteiger charge is 2.25. The predicted octanol–water partition coefficient (Wildman–Crippen LogP) is 3.83. The van der Waals surface area contributed by atoms with Gasteiger partial charge in [0, 0.05) is 56.8 Å². The number of nitrogens with zero attached hydrogens (tertiary/aromatic N) is 5. The van der Waals surface area contributed by atoms with Gasteiger partial charge < -0.3 is 4.90 Å². The van der Waals surface area contributed by atoms with Gasteiger partial charge >= 0.3 is 0 Å². The maximum atomic E-state index is 12.5. The molecular weight excluding hydrogens is 430 g/mol. The summed E-state index contributed by atoms with van der Waals surface area (Å²) in [5.41, 5.74) is 2.91. The minimum Gasteiger partial charge on any atom is -0.363 e. The van der Waals surface area contributed by atoms with Crippen LogP contribution in [-0.2, 0) is 13.6 Å². The molecule has 0 spiro atoms. The van der Waals surface area contributed by atoms with Crippen LogP contribution in [0.1, 0.15) is 5.56 Å². The van der Waals surface area contributed by atoms with Gasteiger partial charge in [-0.05, 0) is 17.7 Å². The number of fused-ring (bicyclic) bond motifs is 1. The van der Waals surface area contributed by atoms with E-state index in [0.717, 1.165) is 19.6 Å². The Hall–Kier alpha value is -4.04. The van der Waals surface area contributed by atoms with Crippen molar-refractivity contribution in [1.29, 1.82) is 0 Å². The van der Waals surface area contributed by atoms with Crippen LogP contribution in [0.25, 0.3) is 22.0 Å². The highest BCUT2D eigenvalue weighted by molar-refractivity contribution is 5.94. The zero-order valence-electron chi connectivity index (χ0n) is 18.9. The van der Waals surface area contributed by atoms with Crippen LogP contribution in [0.4, 0.5) is 11.4 Å². The van der Waals surface area contributed by atoms with Crippen molar-refractivity contribution in [2.24, 2.45) is 7.05 Å². The Morgan fingerprint density at radius 2 is 1.59 bits per heavy atom. The monoisotopic (exact) mass is 455 g/mol. The number of nitro groups is 1. The number of benzene rings is 3. The fraction of sp³-hybridized carbons (Fsp3) is 0.231. The van der Waals surface area contributed by atoms with Crippen molar-refractivity contribution in [2.45, 2.75) is 6.54 Å². The third kappa shape index (κ3) is 4.15. The number of hydrogen-bond donors (Lipinski definition) is 0. The molecule has 172 valence electrons. The summed E-state index contributed by atoms with van der Waals surface area (Å²) in [5, 5.41) is 17.7. The summed E-state index contributed by atoms with van der Waals surface area (Å²) in [6.45, 7) is 3.98. The van der Waals surface area contributed by atoms with Gasteiger partial charge in [0.05, 0.1) is 16.0 Å². The summed E-state index contributed by atoms with van der Waals surface area (Å²) in [6.07, 6.45) is 0. The van der Waals surface area contributed by atoms with E-state index in [1.807, 2.05) is 42.5 Å². The lowest BCUT2D eigenvalue weighted by molar-refractivity contribution is -0.384. The van der Waals surface area contributed by atoms with Gasteiger partial charge in [-0.25, -0.2) is 4.68 Å². The lowest BCUT2D eigenvalue weighted by Crippen LogP contribution is -2.46. The molecule has 3 aromatic carbocycles. The van der Waals surface area contributed by atoms with Crippen LogP contribution in [0, 0.1) is 10.1 Å². The van der Waals surface area contributed by atoms with Crippen LogP contribution in [-0.4, -0.2) is 45.8 Å². The van der Waals surface area contributed by atoms with Crippen molar-refractivity contribution in [2.75, 3.05) is 31.1 Å². The fourth-order valence-electron chi connectivity index (χ4n) is 4.59. The molecule has 0 saturated carbocycles. The number of rotatable bonds is 5. The fourth-order valence-corrected chi connectivity index (χ4v) is 4.59. The average Bonchev–Trinajstić information content (AvgIpc) is 2.87. The minimum atomic E-state index is -0.334. The van der Waals surface area contributed by atoms with Crippen molar-refractivity contribution in [3.63, 3.8) is 0 Å². The van der Waals surface area contributed by atoms with Gasteiger partial charge in [0.1, 0.15) is 5.69 Å². The Balaban J connectivity index is 1.43. The Kier molecular flexibility index (Phi) is 5.81. The van der Waals surface area contributed by atoms with Gasteiger partial charge in [-0.15, -0.1) is 0 Å². The average molecular weight is 456 g/mol. The molecule has 0 bridgehead atoms. The van der Waals surface area contributed by atoms with Crippen molar-refractivity contribution in [1.82, 2.24) is 14.7 Å². The third-order valence-corrected chi connectivity index (χ3v) is 6.36. The van der Waals surface area contributed by atoms with E-state index in [2.05, 4.69) is 27.0 Å². The molecule has 1 aliphatic rings. The summed E-state index contributed by atoms with van der Waals surface area (Å²) < 4.78 is 1.28. The molecule has 0 aliphatic carbocycles. The minimum absolute atomic E-state index is 0.0498. The van der Waals surface area contributed by atoms with Crippen LogP contribution in [0.15, 0.2) is 77.6 Å². The highest BCUT2D eigenvalue weighted by atomic mass is 16.6. The summed E-state index contributed by atoms with van der Waals surface area (Å²) >= 11 is 0. The zero-order valence-corrected chi connectivity index (χ0v) is 18.9. The first-order valence-corrected chi connectivity index (χ1v) is 11.3. The van der Waals surface area contributed by atoms with E-state index in [4.69, 9.17) is 0 Å². The SMILES string of the molecule is Cn1nc(-c2ccc(N3CCN(Cc4ccccc4)CC3)c([N+](=O)[O-])c2)c2ccccc2c1=O. The summed E-state index contributed by atoms with van der Waals surface area (Å²) in [7, 11) is 1.59. The molecule has 1 aliphatic heterocycles. The van der Waals surface area contributed by atoms with Crippen molar-refractivity contribution >= 4 is 22.1 Å². The number of anilines is 1. The van der Waals surface area contributed by atoms with E-state index < -0.39 is 0 Å². The zero-order chi connectivity index (χ0) is 23.7. The third-order valence-electron chi connectivity index (χ3n) is 6.36.